The SMILES string of the molecule is FC(F)(F)C1(C(F)(F)F)OS2(OC(c3ccccc3)(c3ccccc3)[C@@H]2c2ccccc2)c2ccccc21. The van der Waals surface area contributed by atoms with Gasteiger partial charge in [0, 0.05) is 5.56 Å². The van der Waals surface area contributed by atoms with Crippen molar-refractivity contribution >= 4 is 10.6 Å². The highest BCUT2D eigenvalue weighted by molar-refractivity contribution is 8.27. The van der Waals surface area contributed by atoms with Crippen LogP contribution in [0.2, 0.25) is 0 Å². The Hall–Kier alpha value is -3.27. The zero-order chi connectivity index (χ0) is 26.8. The predicted octanol–water partition coefficient (Wildman–Crippen LogP) is 8.75. The number of halogens is 6. The molecule has 2 heterocycles. The van der Waals surface area contributed by atoms with E-state index >= 15 is 0 Å². The van der Waals surface area contributed by atoms with E-state index in [0.29, 0.717) is 16.7 Å². The van der Waals surface area contributed by atoms with Gasteiger partial charge in [0.1, 0.15) is 5.25 Å². The van der Waals surface area contributed by atoms with Crippen molar-refractivity contribution in [1.82, 2.24) is 0 Å². The maximum Gasteiger partial charge on any atom is 0.433 e. The minimum Gasteiger partial charge on any atom is -0.260 e. The molecule has 2 aliphatic heterocycles. The molecule has 6 rings (SSSR count). The van der Waals surface area contributed by atoms with Gasteiger partial charge in [0.2, 0.25) is 0 Å². The van der Waals surface area contributed by atoms with Crippen molar-refractivity contribution in [2.24, 2.45) is 0 Å². The van der Waals surface area contributed by atoms with Crippen molar-refractivity contribution in [2.75, 3.05) is 0 Å². The molecular formula is C29H20F6O2S. The van der Waals surface area contributed by atoms with Crippen LogP contribution in [0.1, 0.15) is 27.5 Å². The van der Waals surface area contributed by atoms with Crippen molar-refractivity contribution in [3.63, 3.8) is 0 Å². The third-order valence-electron chi connectivity index (χ3n) is 7.06. The maximum atomic E-state index is 14.6. The number of hydrogen-bond acceptors (Lipinski definition) is 2. The van der Waals surface area contributed by atoms with Gasteiger partial charge in [-0.15, -0.1) is 10.6 Å². The van der Waals surface area contributed by atoms with Crippen LogP contribution in [0.4, 0.5) is 26.3 Å². The summed E-state index contributed by atoms with van der Waals surface area (Å²) >= 11 is 0. The summed E-state index contributed by atoms with van der Waals surface area (Å²) in [6, 6.07) is 30.8. The first-order valence-corrected chi connectivity index (χ1v) is 13.2. The molecule has 0 radical (unpaired) electrons. The van der Waals surface area contributed by atoms with Crippen LogP contribution in [0.3, 0.4) is 0 Å². The first kappa shape index (κ1) is 25.0. The Kier molecular flexibility index (Phi) is 5.51. The lowest BCUT2D eigenvalue weighted by Crippen LogP contribution is -2.56. The molecular weight excluding hydrogens is 526 g/mol. The van der Waals surface area contributed by atoms with Crippen molar-refractivity contribution in [1.29, 1.82) is 0 Å². The van der Waals surface area contributed by atoms with E-state index in [-0.39, 0.29) is 4.90 Å². The van der Waals surface area contributed by atoms with Crippen LogP contribution in [0.15, 0.2) is 120 Å². The predicted molar refractivity (Wildman–Crippen MR) is 131 cm³/mol. The monoisotopic (exact) mass is 546 g/mol. The normalized spacial score (nSPS) is 25.3. The number of fused-ring (bicyclic) bond motifs is 2. The average Bonchev–Trinajstić information content (AvgIpc) is 3.23. The molecule has 9 heteroatoms. The second-order valence-corrected chi connectivity index (χ2v) is 11.5. The molecule has 0 aromatic heterocycles. The summed E-state index contributed by atoms with van der Waals surface area (Å²) in [6.07, 6.45) is -11.6. The second kappa shape index (κ2) is 8.36. The fourth-order valence-corrected chi connectivity index (χ4v) is 9.43. The van der Waals surface area contributed by atoms with Gasteiger partial charge >= 0.3 is 18.0 Å². The Morgan fingerprint density at radius 1 is 0.553 bits per heavy atom. The van der Waals surface area contributed by atoms with Gasteiger partial charge in [0.15, 0.2) is 5.60 Å². The second-order valence-electron chi connectivity index (χ2n) is 9.14. The van der Waals surface area contributed by atoms with E-state index in [1.54, 1.807) is 91.0 Å². The molecule has 1 saturated heterocycles. The highest BCUT2D eigenvalue weighted by Crippen LogP contribution is 2.90. The third kappa shape index (κ3) is 3.18. The van der Waals surface area contributed by atoms with E-state index in [2.05, 4.69) is 0 Å². The quantitative estimate of drug-likeness (QED) is 0.239. The van der Waals surface area contributed by atoms with Crippen molar-refractivity contribution in [3.05, 3.63) is 138 Å². The van der Waals surface area contributed by atoms with Crippen LogP contribution < -0.4 is 0 Å². The van der Waals surface area contributed by atoms with E-state index in [1.165, 1.54) is 12.1 Å². The van der Waals surface area contributed by atoms with Crippen LogP contribution >= 0.6 is 10.6 Å². The summed E-state index contributed by atoms with van der Waals surface area (Å²) in [5, 5.41) is -1.02. The van der Waals surface area contributed by atoms with Gasteiger partial charge in [0.25, 0.3) is 0 Å². The molecule has 38 heavy (non-hydrogen) atoms. The first-order valence-electron chi connectivity index (χ1n) is 11.7. The molecule has 1 fully saturated rings. The van der Waals surface area contributed by atoms with E-state index in [0.717, 1.165) is 12.1 Å². The Morgan fingerprint density at radius 3 is 1.50 bits per heavy atom. The number of rotatable bonds is 3. The van der Waals surface area contributed by atoms with E-state index < -0.39 is 45.0 Å². The Balaban J connectivity index is 1.68. The van der Waals surface area contributed by atoms with E-state index in [4.69, 9.17) is 8.37 Å². The van der Waals surface area contributed by atoms with Gasteiger partial charge in [-0.3, -0.25) is 4.18 Å². The highest BCUT2D eigenvalue weighted by Gasteiger charge is 2.83. The highest BCUT2D eigenvalue weighted by atomic mass is 32.3. The fourth-order valence-electron chi connectivity index (χ4n) is 5.52. The molecule has 2 nitrogen and oxygen atoms in total. The lowest BCUT2D eigenvalue weighted by molar-refractivity contribution is -0.363. The van der Waals surface area contributed by atoms with E-state index in [1.807, 2.05) is 0 Å². The lowest BCUT2D eigenvalue weighted by atomic mass is 9.80. The van der Waals surface area contributed by atoms with Crippen LogP contribution in [0.5, 0.6) is 0 Å². The molecule has 0 N–H and O–H groups in total. The smallest absolute Gasteiger partial charge is 0.260 e. The first-order chi connectivity index (χ1) is 18.1. The molecule has 0 saturated carbocycles. The molecule has 1 spiro atoms. The third-order valence-corrected chi connectivity index (χ3v) is 10.3. The topological polar surface area (TPSA) is 18.5 Å². The summed E-state index contributed by atoms with van der Waals surface area (Å²) in [5.74, 6) is 0. The summed E-state index contributed by atoms with van der Waals surface area (Å²) in [7, 11) is -3.63. The van der Waals surface area contributed by atoms with Gasteiger partial charge in [-0.1, -0.05) is 109 Å². The number of benzene rings is 4. The zero-order valence-electron chi connectivity index (χ0n) is 19.5. The molecule has 0 bridgehead atoms. The zero-order valence-corrected chi connectivity index (χ0v) is 20.4. The fraction of sp³-hybridized carbons (Fsp3) is 0.172. The average molecular weight is 547 g/mol. The minimum absolute atomic E-state index is 0.217. The summed E-state index contributed by atoms with van der Waals surface area (Å²) in [5.41, 5.74) is -5.22. The molecule has 4 aromatic rings. The molecule has 196 valence electrons. The maximum absolute atomic E-state index is 14.6. The Labute approximate surface area is 216 Å². The Morgan fingerprint density at radius 2 is 1.00 bits per heavy atom. The van der Waals surface area contributed by atoms with E-state index in [9.17, 15) is 26.3 Å². The summed E-state index contributed by atoms with van der Waals surface area (Å²) in [6.45, 7) is 0. The number of hydrogen-bond donors (Lipinski definition) is 0. The summed E-state index contributed by atoms with van der Waals surface area (Å²) < 4.78 is 99.4. The molecule has 2 atom stereocenters. The minimum atomic E-state index is -5.79. The van der Waals surface area contributed by atoms with Gasteiger partial charge in [-0.05, 0) is 22.8 Å². The van der Waals surface area contributed by atoms with Crippen LogP contribution in [0, 0.1) is 0 Å². The van der Waals surface area contributed by atoms with Gasteiger partial charge < -0.3 is 0 Å². The molecule has 0 amide bonds. The molecule has 2 aliphatic rings. The van der Waals surface area contributed by atoms with Gasteiger partial charge in [-0.2, -0.15) is 26.3 Å². The molecule has 0 aliphatic carbocycles. The van der Waals surface area contributed by atoms with Crippen molar-refractivity contribution in [2.45, 2.75) is 33.7 Å². The largest absolute Gasteiger partial charge is 0.433 e. The van der Waals surface area contributed by atoms with Gasteiger partial charge in [0.05, 0.1) is 4.90 Å². The van der Waals surface area contributed by atoms with Crippen molar-refractivity contribution < 1.29 is 34.7 Å². The Bertz CT molecular complexity index is 1400. The number of alkyl halides is 6. The van der Waals surface area contributed by atoms with Crippen LogP contribution in [-0.4, -0.2) is 12.4 Å². The lowest BCUT2D eigenvalue weighted by Gasteiger charge is -2.66. The van der Waals surface area contributed by atoms with Crippen LogP contribution in [-0.2, 0) is 19.6 Å². The molecule has 4 aromatic carbocycles. The van der Waals surface area contributed by atoms with Crippen molar-refractivity contribution in [3.8, 4) is 0 Å². The molecule has 1 unspecified atom stereocenters. The summed E-state index contributed by atoms with van der Waals surface area (Å²) in [4.78, 5) is -0.217. The van der Waals surface area contributed by atoms with Gasteiger partial charge in [-0.25, -0.2) is 4.18 Å². The van der Waals surface area contributed by atoms with Crippen LogP contribution in [0.25, 0.3) is 0 Å². The standard InChI is InChI=1S/C29H20F6O2S/c30-28(31,32)27(29(33,34)35)23-18-10-11-19-24(23)38(37-27)25(20-12-4-1-5-13-20)26(36-38,21-14-6-2-7-15-21)22-16-8-3-9-17-22/h1-19,25H/t25-/m0/s1.